The SMILES string of the molecule is Cc1c(C#N)c(NC(=O)COC(=O)CCc2ccccc2F)n(Cc2ccco2)c1C. The number of halogens is 1. The van der Waals surface area contributed by atoms with Crippen LogP contribution in [0.4, 0.5) is 10.2 Å². The Kier molecular flexibility index (Phi) is 6.88. The lowest BCUT2D eigenvalue weighted by Crippen LogP contribution is -2.23. The molecular formula is C23H22FN3O4. The van der Waals surface area contributed by atoms with Crippen molar-refractivity contribution in [2.45, 2.75) is 33.2 Å². The van der Waals surface area contributed by atoms with Gasteiger partial charge in [0.25, 0.3) is 5.91 Å². The van der Waals surface area contributed by atoms with Crippen molar-refractivity contribution in [2.75, 3.05) is 11.9 Å². The summed E-state index contributed by atoms with van der Waals surface area (Å²) in [5.41, 5.74) is 2.30. The molecule has 0 aliphatic rings. The highest BCUT2D eigenvalue weighted by atomic mass is 19.1. The summed E-state index contributed by atoms with van der Waals surface area (Å²) >= 11 is 0. The molecule has 0 fully saturated rings. The first-order chi connectivity index (χ1) is 14.9. The number of rotatable bonds is 8. The summed E-state index contributed by atoms with van der Waals surface area (Å²) in [7, 11) is 0. The summed E-state index contributed by atoms with van der Waals surface area (Å²) in [4.78, 5) is 24.3. The number of aryl methyl sites for hydroxylation is 1. The maximum atomic E-state index is 13.6. The molecule has 3 aromatic rings. The second-order valence-electron chi connectivity index (χ2n) is 7.01. The third-order valence-corrected chi connectivity index (χ3v) is 5.01. The van der Waals surface area contributed by atoms with Gasteiger partial charge < -0.3 is 19.0 Å². The number of carbonyl (C=O) groups excluding carboxylic acids is 2. The minimum atomic E-state index is -0.614. The molecule has 0 radical (unpaired) electrons. The quantitative estimate of drug-likeness (QED) is 0.555. The highest BCUT2D eigenvalue weighted by Gasteiger charge is 2.21. The van der Waals surface area contributed by atoms with Crippen molar-refractivity contribution in [1.82, 2.24) is 4.57 Å². The van der Waals surface area contributed by atoms with Crippen LogP contribution in [0.1, 0.15) is 34.6 Å². The molecule has 0 saturated heterocycles. The smallest absolute Gasteiger partial charge is 0.306 e. The fraction of sp³-hybridized carbons (Fsp3) is 0.261. The highest BCUT2D eigenvalue weighted by molar-refractivity contribution is 5.93. The van der Waals surface area contributed by atoms with E-state index in [1.807, 2.05) is 6.92 Å². The molecule has 1 amide bonds. The Balaban J connectivity index is 1.62. The number of hydrogen-bond acceptors (Lipinski definition) is 5. The second kappa shape index (κ2) is 9.76. The molecule has 8 heteroatoms. The number of amides is 1. The summed E-state index contributed by atoms with van der Waals surface area (Å²) < 4.78 is 25.8. The van der Waals surface area contributed by atoms with Crippen LogP contribution in [0.2, 0.25) is 0 Å². The summed E-state index contributed by atoms with van der Waals surface area (Å²) in [5, 5.41) is 12.2. The number of nitriles is 1. The number of aromatic nitrogens is 1. The van der Waals surface area contributed by atoms with E-state index in [0.29, 0.717) is 29.2 Å². The van der Waals surface area contributed by atoms with Gasteiger partial charge in [0.1, 0.15) is 23.5 Å². The Bertz CT molecular complexity index is 1130. The molecule has 7 nitrogen and oxygen atoms in total. The Morgan fingerprint density at radius 1 is 1.23 bits per heavy atom. The van der Waals surface area contributed by atoms with Gasteiger partial charge in [-0.05, 0) is 49.6 Å². The minimum absolute atomic E-state index is 0.0508. The predicted molar refractivity (Wildman–Crippen MR) is 111 cm³/mol. The van der Waals surface area contributed by atoms with Crippen LogP contribution in [-0.4, -0.2) is 23.1 Å². The number of nitrogens with one attached hydrogen (secondary N) is 1. The number of furan rings is 1. The van der Waals surface area contributed by atoms with Gasteiger partial charge in [0, 0.05) is 12.1 Å². The molecule has 1 aromatic carbocycles. The largest absolute Gasteiger partial charge is 0.467 e. The molecular weight excluding hydrogens is 401 g/mol. The van der Waals surface area contributed by atoms with Gasteiger partial charge in [0.15, 0.2) is 6.61 Å². The fourth-order valence-corrected chi connectivity index (χ4v) is 3.21. The third kappa shape index (κ3) is 5.20. The summed E-state index contributed by atoms with van der Waals surface area (Å²) in [6.07, 6.45) is 1.67. The molecule has 1 N–H and O–H groups in total. The van der Waals surface area contributed by atoms with E-state index in [4.69, 9.17) is 9.15 Å². The first-order valence-electron chi connectivity index (χ1n) is 9.71. The van der Waals surface area contributed by atoms with Crippen LogP contribution in [0.3, 0.4) is 0 Å². The zero-order chi connectivity index (χ0) is 22.4. The highest BCUT2D eigenvalue weighted by Crippen LogP contribution is 2.27. The number of anilines is 1. The molecule has 0 aliphatic heterocycles. The normalized spacial score (nSPS) is 10.5. The van der Waals surface area contributed by atoms with Crippen LogP contribution >= 0.6 is 0 Å². The Morgan fingerprint density at radius 2 is 2.00 bits per heavy atom. The maximum Gasteiger partial charge on any atom is 0.306 e. The fourth-order valence-electron chi connectivity index (χ4n) is 3.21. The van der Waals surface area contributed by atoms with Gasteiger partial charge in [-0.15, -0.1) is 0 Å². The van der Waals surface area contributed by atoms with Gasteiger partial charge >= 0.3 is 5.97 Å². The molecule has 0 unspecified atom stereocenters. The van der Waals surface area contributed by atoms with E-state index in [0.717, 1.165) is 11.3 Å². The van der Waals surface area contributed by atoms with Crippen molar-refractivity contribution in [2.24, 2.45) is 0 Å². The van der Waals surface area contributed by atoms with Crippen molar-refractivity contribution in [3.8, 4) is 6.07 Å². The minimum Gasteiger partial charge on any atom is -0.467 e. The van der Waals surface area contributed by atoms with E-state index in [1.54, 1.807) is 48.1 Å². The van der Waals surface area contributed by atoms with Crippen LogP contribution in [0, 0.1) is 31.0 Å². The van der Waals surface area contributed by atoms with E-state index in [1.165, 1.54) is 6.07 Å². The number of benzene rings is 1. The van der Waals surface area contributed by atoms with Gasteiger partial charge in [0.2, 0.25) is 0 Å². The molecule has 0 spiro atoms. The molecule has 0 bridgehead atoms. The first kappa shape index (κ1) is 21.8. The Labute approximate surface area is 179 Å². The van der Waals surface area contributed by atoms with Crippen molar-refractivity contribution >= 4 is 17.7 Å². The average molecular weight is 423 g/mol. The molecule has 2 heterocycles. The molecule has 31 heavy (non-hydrogen) atoms. The van der Waals surface area contributed by atoms with E-state index in [9.17, 15) is 19.2 Å². The summed E-state index contributed by atoms with van der Waals surface area (Å²) in [6, 6.07) is 11.8. The molecule has 2 aromatic heterocycles. The monoisotopic (exact) mass is 423 g/mol. The lowest BCUT2D eigenvalue weighted by Gasteiger charge is -2.12. The van der Waals surface area contributed by atoms with E-state index in [-0.39, 0.29) is 18.7 Å². The van der Waals surface area contributed by atoms with Crippen LogP contribution in [0.5, 0.6) is 0 Å². The number of esters is 1. The summed E-state index contributed by atoms with van der Waals surface area (Å²) in [5.74, 6) is -0.592. The third-order valence-electron chi connectivity index (χ3n) is 5.01. The summed E-state index contributed by atoms with van der Waals surface area (Å²) in [6.45, 7) is 3.47. The van der Waals surface area contributed by atoms with Crippen LogP contribution in [-0.2, 0) is 27.3 Å². The number of nitrogens with zero attached hydrogens (tertiary/aromatic N) is 2. The number of hydrogen-bond donors (Lipinski definition) is 1. The van der Waals surface area contributed by atoms with Gasteiger partial charge in [-0.3, -0.25) is 9.59 Å². The molecule has 160 valence electrons. The number of carbonyl (C=O) groups is 2. The van der Waals surface area contributed by atoms with E-state index in [2.05, 4.69) is 11.4 Å². The van der Waals surface area contributed by atoms with Crippen molar-refractivity contribution in [3.05, 3.63) is 76.6 Å². The topological polar surface area (TPSA) is 97.3 Å². The lowest BCUT2D eigenvalue weighted by molar-refractivity contribution is -0.147. The zero-order valence-corrected chi connectivity index (χ0v) is 17.3. The van der Waals surface area contributed by atoms with E-state index < -0.39 is 18.5 Å². The van der Waals surface area contributed by atoms with Gasteiger partial charge in [-0.2, -0.15) is 5.26 Å². The molecule has 0 aliphatic carbocycles. The first-order valence-corrected chi connectivity index (χ1v) is 9.71. The molecule has 0 saturated carbocycles. The van der Waals surface area contributed by atoms with E-state index >= 15 is 0 Å². The lowest BCUT2D eigenvalue weighted by atomic mass is 10.1. The van der Waals surface area contributed by atoms with Gasteiger partial charge in [-0.1, -0.05) is 18.2 Å². The molecule has 0 atom stereocenters. The Hall–Kier alpha value is -3.86. The van der Waals surface area contributed by atoms with Crippen LogP contribution < -0.4 is 5.32 Å². The van der Waals surface area contributed by atoms with Crippen molar-refractivity contribution in [1.29, 1.82) is 5.26 Å². The van der Waals surface area contributed by atoms with Crippen LogP contribution in [0.15, 0.2) is 47.1 Å². The number of ether oxygens (including phenoxy) is 1. The standard InChI is InChI=1S/C23H22FN3O4/c1-15-16(2)27(13-18-7-5-11-30-18)23(19(15)12-25)26-21(28)14-31-22(29)10-9-17-6-3-4-8-20(17)24/h3-8,11H,9-10,13-14H2,1-2H3,(H,26,28). The zero-order valence-electron chi connectivity index (χ0n) is 17.3. The Morgan fingerprint density at radius 3 is 2.68 bits per heavy atom. The second-order valence-corrected chi connectivity index (χ2v) is 7.01. The average Bonchev–Trinajstić information content (AvgIpc) is 3.34. The maximum absolute atomic E-state index is 13.6. The van der Waals surface area contributed by atoms with Crippen molar-refractivity contribution < 1.29 is 23.1 Å². The van der Waals surface area contributed by atoms with Gasteiger partial charge in [0.05, 0.1) is 18.4 Å². The molecule has 3 rings (SSSR count). The van der Waals surface area contributed by atoms with Crippen molar-refractivity contribution in [3.63, 3.8) is 0 Å². The predicted octanol–water partition coefficient (Wildman–Crippen LogP) is 3.87. The van der Waals surface area contributed by atoms with Gasteiger partial charge in [-0.25, -0.2) is 4.39 Å². The van der Waals surface area contributed by atoms with Crippen LogP contribution in [0.25, 0.3) is 0 Å².